The molecule has 2 aromatic rings. The van der Waals surface area contributed by atoms with Crippen LogP contribution in [0.25, 0.3) is 0 Å². The van der Waals surface area contributed by atoms with Gasteiger partial charge in [0.25, 0.3) is 0 Å². The molecule has 0 unspecified atom stereocenters. The fourth-order valence-electron chi connectivity index (χ4n) is 2.94. The monoisotopic (exact) mass is 443 g/mol. The Morgan fingerprint density at radius 3 is 1.92 bits per heavy atom. The van der Waals surface area contributed by atoms with Gasteiger partial charge in [0.2, 0.25) is 10.0 Å². The first kappa shape index (κ1) is 18.6. The fraction of sp³-hybridized carbons (Fsp3) is 0.294. The number of rotatable bonds is 4. The summed E-state index contributed by atoms with van der Waals surface area (Å²) >= 11 is 3.28. The van der Waals surface area contributed by atoms with Crippen LogP contribution in [0.15, 0.2) is 68.9 Å². The number of halogens is 1. The van der Waals surface area contributed by atoms with Crippen LogP contribution in [0.4, 0.5) is 0 Å². The maximum absolute atomic E-state index is 12.7. The minimum atomic E-state index is -3.59. The van der Waals surface area contributed by atoms with Crippen molar-refractivity contribution in [3.63, 3.8) is 0 Å². The molecule has 0 N–H and O–H groups in total. The molecule has 1 aliphatic rings. The maximum Gasteiger partial charge on any atom is 0.243 e. The van der Waals surface area contributed by atoms with Gasteiger partial charge >= 0.3 is 0 Å². The van der Waals surface area contributed by atoms with Gasteiger partial charge in [0.1, 0.15) is 0 Å². The fourth-order valence-corrected chi connectivity index (χ4v) is 6.43. The van der Waals surface area contributed by atoms with E-state index in [1.807, 2.05) is 0 Å². The van der Waals surface area contributed by atoms with Crippen LogP contribution in [-0.4, -0.2) is 39.5 Å². The third-order valence-electron chi connectivity index (χ3n) is 4.36. The zero-order chi connectivity index (χ0) is 18.1. The summed E-state index contributed by atoms with van der Waals surface area (Å²) in [4.78, 5) is 0.518. The predicted molar refractivity (Wildman–Crippen MR) is 99.6 cm³/mol. The number of sulfone groups is 1. The first-order valence-corrected chi connectivity index (χ1v) is 11.6. The van der Waals surface area contributed by atoms with Crippen LogP contribution in [0, 0.1) is 0 Å². The van der Waals surface area contributed by atoms with Gasteiger partial charge < -0.3 is 0 Å². The van der Waals surface area contributed by atoms with Crippen molar-refractivity contribution in [3.05, 3.63) is 59.1 Å². The van der Waals surface area contributed by atoms with E-state index in [1.165, 1.54) is 4.31 Å². The van der Waals surface area contributed by atoms with Crippen molar-refractivity contribution in [3.8, 4) is 0 Å². The van der Waals surface area contributed by atoms with Gasteiger partial charge in [-0.3, -0.25) is 0 Å². The highest BCUT2D eigenvalue weighted by Gasteiger charge is 2.35. The average Bonchev–Trinajstić information content (AvgIpc) is 2.63. The largest absolute Gasteiger partial charge is 0.243 e. The van der Waals surface area contributed by atoms with Gasteiger partial charge in [-0.2, -0.15) is 4.31 Å². The van der Waals surface area contributed by atoms with E-state index in [0.29, 0.717) is 17.7 Å². The molecular formula is C17H18BrNO4S2. The number of hydrogen-bond donors (Lipinski definition) is 0. The molecule has 0 aliphatic carbocycles. The summed E-state index contributed by atoms with van der Waals surface area (Å²) in [5.74, 6) is 0. The number of hydrogen-bond acceptors (Lipinski definition) is 4. The minimum absolute atomic E-state index is 0.203. The summed E-state index contributed by atoms with van der Waals surface area (Å²) in [6, 6.07) is 14.8. The van der Waals surface area contributed by atoms with Crippen LogP contribution >= 0.6 is 15.9 Å². The molecule has 25 heavy (non-hydrogen) atoms. The lowest BCUT2D eigenvalue weighted by atomic mass is 10.2. The lowest BCUT2D eigenvalue weighted by Crippen LogP contribution is -2.42. The van der Waals surface area contributed by atoms with Crippen molar-refractivity contribution < 1.29 is 16.8 Å². The second kappa shape index (κ2) is 7.19. The van der Waals surface area contributed by atoms with E-state index in [0.717, 1.165) is 4.47 Å². The van der Waals surface area contributed by atoms with Crippen molar-refractivity contribution in [2.24, 2.45) is 0 Å². The van der Waals surface area contributed by atoms with Gasteiger partial charge in [-0.25, -0.2) is 16.8 Å². The highest BCUT2D eigenvalue weighted by Crippen LogP contribution is 2.28. The highest BCUT2D eigenvalue weighted by molar-refractivity contribution is 9.10. The summed E-state index contributed by atoms with van der Waals surface area (Å²) in [7, 11) is -7.02. The van der Waals surface area contributed by atoms with E-state index >= 15 is 0 Å². The molecule has 0 atom stereocenters. The summed E-state index contributed by atoms with van der Waals surface area (Å²) < 4.78 is 52.9. The maximum atomic E-state index is 12.7. The van der Waals surface area contributed by atoms with E-state index in [2.05, 4.69) is 15.9 Å². The van der Waals surface area contributed by atoms with Crippen molar-refractivity contribution in [2.45, 2.75) is 27.9 Å². The first-order chi connectivity index (χ1) is 11.8. The summed E-state index contributed by atoms with van der Waals surface area (Å²) in [6.45, 7) is 0.407. The van der Waals surface area contributed by atoms with Crippen LogP contribution in [0.5, 0.6) is 0 Å². The van der Waals surface area contributed by atoms with Crippen LogP contribution in [-0.2, 0) is 19.9 Å². The second-order valence-electron chi connectivity index (χ2n) is 5.92. The molecule has 3 rings (SSSR count). The van der Waals surface area contributed by atoms with E-state index in [9.17, 15) is 16.8 Å². The lowest BCUT2D eigenvalue weighted by molar-refractivity contribution is 0.345. The van der Waals surface area contributed by atoms with Gasteiger partial charge in [-0.1, -0.05) is 34.1 Å². The number of piperidine rings is 1. The zero-order valence-corrected chi connectivity index (χ0v) is 16.6. The molecule has 0 radical (unpaired) electrons. The van der Waals surface area contributed by atoms with Crippen molar-refractivity contribution in [1.29, 1.82) is 0 Å². The Kier molecular flexibility index (Phi) is 5.34. The molecule has 0 aromatic heterocycles. The molecule has 8 heteroatoms. The molecule has 0 bridgehead atoms. The number of nitrogens with zero attached hydrogens (tertiary/aromatic N) is 1. The van der Waals surface area contributed by atoms with Crippen molar-refractivity contribution in [1.82, 2.24) is 4.31 Å². The minimum Gasteiger partial charge on any atom is -0.223 e. The first-order valence-electron chi connectivity index (χ1n) is 7.86. The van der Waals surface area contributed by atoms with Gasteiger partial charge in [-0.15, -0.1) is 0 Å². The Morgan fingerprint density at radius 2 is 1.36 bits per heavy atom. The van der Waals surface area contributed by atoms with Crippen molar-refractivity contribution >= 4 is 35.8 Å². The molecule has 1 saturated heterocycles. The molecule has 1 aliphatic heterocycles. The summed E-state index contributed by atoms with van der Waals surface area (Å²) in [5.41, 5.74) is 0. The highest BCUT2D eigenvalue weighted by atomic mass is 79.9. The Bertz CT molecular complexity index is 934. The molecular weight excluding hydrogens is 426 g/mol. The molecule has 0 amide bonds. The van der Waals surface area contributed by atoms with Crippen LogP contribution in [0.3, 0.4) is 0 Å². The summed E-state index contributed by atoms with van der Waals surface area (Å²) in [5, 5.41) is -0.550. The molecule has 1 heterocycles. The Balaban J connectivity index is 1.75. The standard InChI is InChI=1S/C17H18BrNO4S2/c18-14-6-8-17(9-7-14)25(22,23)19-12-10-16(11-13-19)24(20,21)15-4-2-1-3-5-15/h1-9,16H,10-13H2. The topological polar surface area (TPSA) is 71.5 Å². The smallest absolute Gasteiger partial charge is 0.223 e. The number of benzene rings is 2. The molecule has 1 fully saturated rings. The van der Waals surface area contributed by atoms with Gasteiger partial charge in [0, 0.05) is 17.6 Å². The molecule has 0 spiro atoms. The van der Waals surface area contributed by atoms with E-state index in [4.69, 9.17) is 0 Å². The predicted octanol–water partition coefficient (Wildman–Crippen LogP) is 3.08. The zero-order valence-electron chi connectivity index (χ0n) is 13.4. The molecule has 0 saturated carbocycles. The van der Waals surface area contributed by atoms with Crippen LogP contribution in [0.1, 0.15) is 12.8 Å². The Morgan fingerprint density at radius 1 is 0.800 bits per heavy atom. The average molecular weight is 444 g/mol. The van der Waals surface area contributed by atoms with Gasteiger partial charge in [0.05, 0.1) is 15.0 Å². The normalized spacial score (nSPS) is 17.5. The molecule has 2 aromatic carbocycles. The quantitative estimate of drug-likeness (QED) is 0.727. The molecule has 134 valence electrons. The van der Waals surface area contributed by atoms with E-state index in [1.54, 1.807) is 54.6 Å². The third-order valence-corrected chi connectivity index (χ3v) is 9.08. The lowest BCUT2D eigenvalue weighted by Gasteiger charge is -2.31. The van der Waals surface area contributed by atoms with Crippen LogP contribution in [0.2, 0.25) is 0 Å². The molecule has 5 nitrogen and oxygen atoms in total. The van der Waals surface area contributed by atoms with E-state index in [-0.39, 0.29) is 18.0 Å². The van der Waals surface area contributed by atoms with Crippen LogP contribution < -0.4 is 0 Å². The number of sulfonamides is 1. The van der Waals surface area contributed by atoms with E-state index < -0.39 is 25.1 Å². The van der Waals surface area contributed by atoms with Crippen molar-refractivity contribution in [2.75, 3.05) is 13.1 Å². The third kappa shape index (κ3) is 3.81. The second-order valence-corrected chi connectivity index (χ2v) is 11.0. The van der Waals surface area contributed by atoms with Gasteiger partial charge in [0.15, 0.2) is 9.84 Å². The Labute approximate surface area is 156 Å². The Hall–Kier alpha value is -1.22. The SMILES string of the molecule is O=S(=O)(c1ccccc1)C1CCN(S(=O)(=O)c2ccc(Br)cc2)CC1. The van der Waals surface area contributed by atoms with Gasteiger partial charge in [-0.05, 0) is 49.2 Å². The summed E-state index contributed by atoms with van der Waals surface area (Å²) in [6.07, 6.45) is 0.597.